The van der Waals surface area contributed by atoms with Gasteiger partial charge in [-0.1, -0.05) is 66.6 Å². The zero-order valence-corrected chi connectivity index (χ0v) is 18.7. The van der Waals surface area contributed by atoms with Gasteiger partial charge in [-0.25, -0.2) is 0 Å². The molecule has 0 aliphatic heterocycles. The molecule has 0 fully saturated rings. The fourth-order valence-corrected chi connectivity index (χ4v) is 4.33. The first-order chi connectivity index (χ1) is 13.9. The van der Waals surface area contributed by atoms with Gasteiger partial charge in [0.2, 0.25) is 11.8 Å². The van der Waals surface area contributed by atoms with E-state index in [4.69, 9.17) is 0 Å². The first kappa shape index (κ1) is 23.0. The van der Waals surface area contributed by atoms with Gasteiger partial charge in [0.1, 0.15) is 6.04 Å². The monoisotopic (exact) mass is 412 g/mol. The highest BCUT2D eigenvalue weighted by Gasteiger charge is 2.28. The van der Waals surface area contributed by atoms with Gasteiger partial charge in [0.15, 0.2) is 0 Å². The minimum Gasteiger partial charge on any atom is -0.355 e. The van der Waals surface area contributed by atoms with Gasteiger partial charge in [-0.15, -0.1) is 11.8 Å². The summed E-state index contributed by atoms with van der Waals surface area (Å²) in [4.78, 5) is 27.4. The predicted octanol–water partition coefficient (Wildman–Crippen LogP) is 4.48. The van der Waals surface area contributed by atoms with Crippen LogP contribution in [0.4, 0.5) is 0 Å². The molecule has 2 aromatic rings. The zero-order chi connectivity index (χ0) is 21.2. The number of rotatable bonds is 10. The number of nitrogens with one attached hydrogen (secondary N) is 1. The number of hydrogen-bond acceptors (Lipinski definition) is 3. The average molecular weight is 413 g/mol. The fraction of sp³-hybridized carbons (Fsp3) is 0.417. The first-order valence-corrected chi connectivity index (χ1v) is 11.4. The van der Waals surface area contributed by atoms with Gasteiger partial charge in [-0.2, -0.15) is 0 Å². The van der Waals surface area contributed by atoms with Crippen molar-refractivity contribution >= 4 is 23.6 Å². The van der Waals surface area contributed by atoms with E-state index in [0.29, 0.717) is 25.3 Å². The molecule has 0 saturated heterocycles. The van der Waals surface area contributed by atoms with Crippen LogP contribution in [0.3, 0.4) is 0 Å². The standard InChI is InChI=1S/C24H32N2O2S/c1-5-22(24(28)25-6-2)26(15-20-10-8-7-9-11-20)23(27)17-29-16-21-13-18(3)12-19(4)14-21/h7-14,22H,5-6,15-17H2,1-4H3,(H,25,28). The molecule has 2 amide bonds. The molecule has 1 unspecified atom stereocenters. The summed E-state index contributed by atoms with van der Waals surface area (Å²) in [6.45, 7) is 9.03. The van der Waals surface area contributed by atoms with Gasteiger partial charge in [0.25, 0.3) is 0 Å². The quantitative estimate of drug-likeness (QED) is 0.626. The molecule has 29 heavy (non-hydrogen) atoms. The summed E-state index contributed by atoms with van der Waals surface area (Å²) in [6, 6.07) is 15.9. The molecule has 0 aromatic heterocycles. The predicted molar refractivity (Wildman–Crippen MR) is 122 cm³/mol. The molecule has 0 aliphatic rings. The summed E-state index contributed by atoms with van der Waals surface area (Å²) in [5.41, 5.74) is 4.73. The first-order valence-electron chi connectivity index (χ1n) is 10.2. The van der Waals surface area contributed by atoms with E-state index >= 15 is 0 Å². The topological polar surface area (TPSA) is 49.4 Å². The zero-order valence-electron chi connectivity index (χ0n) is 17.9. The van der Waals surface area contributed by atoms with E-state index in [1.54, 1.807) is 16.7 Å². The van der Waals surface area contributed by atoms with Crippen LogP contribution in [0.25, 0.3) is 0 Å². The van der Waals surface area contributed by atoms with Crippen molar-refractivity contribution in [3.63, 3.8) is 0 Å². The Morgan fingerprint density at radius 3 is 2.24 bits per heavy atom. The van der Waals surface area contributed by atoms with Crippen LogP contribution in [-0.2, 0) is 21.9 Å². The smallest absolute Gasteiger partial charge is 0.242 e. The Bertz CT molecular complexity index is 788. The van der Waals surface area contributed by atoms with Crippen LogP contribution in [0.1, 0.15) is 42.5 Å². The summed E-state index contributed by atoms with van der Waals surface area (Å²) in [5, 5.41) is 2.87. The van der Waals surface area contributed by atoms with Crippen molar-refractivity contribution in [3.8, 4) is 0 Å². The number of aryl methyl sites for hydroxylation is 2. The Morgan fingerprint density at radius 2 is 1.66 bits per heavy atom. The van der Waals surface area contributed by atoms with E-state index < -0.39 is 6.04 Å². The Hall–Kier alpha value is -2.27. The van der Waals surface area contributed by atoms with E-state index in [2.05, 4.69) is 37.4 Å². The fourth-order valence-electron chi connectivity index (χ4n) is 3.48. The molecule has 0 spiro atoms. The second kappa shape index (κ2) is 11.7. The van der Waals surface area contributed by atoms with Crippen molar-refractivity contribution in [2.45, 2.75) is 52.5 Å². The van der Waals surface area contributed by atoms with Gasteiger partial charge in [-0.05, 0) is 38.3 Å². The number of carbonyl (C=O) groups is 2. The molecule has 4 nitrogen and oxygen atoms in total. The minimum absolute atomic E-state index is 0.00123. The summed E-state index contributed by atoms with van der Waals surface area (Å²) < 4.78 is 0. The van der Waals surface area contributed by atoms with Gasteiger partial charge in [0.05, 0.1) is 5.75 Å². The van der Waals surface area contributed by atoms with Crippen LogP contribution >= 0.6 is 11.8 Å². The van der Waals surface area contributed by atoms with Crippen LogP contribution in [0.2, 0.25) is 0 Å². The molecule has 1 N–H and O–H groups in total. The third kappa shape index (κ3) is 7.24. The maximum atomic E-state index is 13.1. The van der Waals surface area contributed by atoms with Gasteiger partial charge in [0, 0.05) is 18.8 Å². The molecule has 0 radical (unpaired) electrons. The van der Waals surface area contributed by atoms with Crippen molar-refractivity contribution in [2.24, 2.45) is 0 Å². The lowest BCUT2D eigenvalue weighted by molar-refractivity contribution is -0.139. The molecule has 2 aromatic carbocycles. The number of likely N-dealkylation sites (N-methyl/N-ethyl adjacent to an activating group) is 1. The molecule has 0 saturated carbocycles. The number of amides is 2. The maximum Gasteiger partial charge on any atom is 0.242 e. The highest BCUT2D eigenvalue weighted by atomic mass is 32.2. The Kier molecular flexibility index (Phi) is 9.26. The van der Waals surface area contributed by atoms with Gasteiger partial charge >= 0.3 is 0 Å². The summed E-state index contributed by atoms with van der Waals surface area (Å²) in [7, 11) is 0. The maximum absolute atomic E-state index is 13.1. The van der Waals surface area contributed by atoms with E-state index in [-0.39, 0.29) is 11.8 Å². The molecule has 1 atom stereocenters. The number of hydrogen-bond donors (Lipinski definition) is 1. The Morgan fingerprint density at radius 1 is 1.00 bits per heavy atom. The van der Waals surface area contributed by atoms with Crippen LogP contribution < -0.4 is 5.32 Å². The third-order valence-electron chi connectivity index (χ3n) is 4.71. The molecular formula is C24H32N2O2S. The lowest BCUT2D eigenvalue weighted by Gasteiger charge is -2.30. The molecule has 156 valence electrons. The molecule has 0 aliphatic carbocycles. The number of carbonyl (C=O) groups excluding carboxylic acids is 2. The van der Waals surface area contributed by atoms with E-state index in [0.717, 1.165) is 11.3 Å². The van der Waals surface area contributed by atoms with Gasteiger partial charge < -0.3 is 10.2 Å². The van der Waals surface area contributed by atoms with Gasteiger partial charge in [-0.3, -0.25) is 9.59 Å². The molecule has 0 bridgehead atoms. The third-order valence-corrected chi connectivity index (χ3v) is 5.70. The van der Waals surface area contributed by atoms with Crippen molar-refractivity contribution in [3.05, 3.63) is 70.8 Å². The number of benzene rings is 2. The van der Waals surface area contributed by atoms with Crippen molar-refractivity contribution in [1.82, 2.24) is 10.2 Å². The van der Waals surface area contributed by atoms with E-state index in [9.17, 15) is 9.59 Å². The lowest BCUT2D eigenvalue weighted by atomic mass is 10.1. The van der Waals surface area contributed by atoms with E-state index in [1.165, 1.54) is 16.7 Å². The molecule has 0 heterocycles. The van der Waals surface area contributed by atoms with Crippen molar-refractivity contribution in [1.29, 1.82) is 0 Å². The van der Waals surface area contributed by atoms with Crippen LogP contribution in [-0.4, -0.2) is 35.1 Å². The SMILES string of the molecule is CCNC(=O)C(CC)N(Cc1ccccc1)C(=O)CSCc1cc(C)cc(C)c1. The minimum atomic E-state index is -0.454. The van der Waals surface area contributed by atoms with E-state index in [1.807, 2.05) is 44.2 Å². The highest BCUT2D eigenvalue weighted by Crippen LogP contribution is 2.19. The molecule has 5 heteroatoms. The number of nitrogens with zero attached hydrogens (tertiary/aromatic N) is 1. The molecular weight excluding hydrogens is 380 g/mol. The Labute approximate surface area is 179 Å². The summed E-state index contributed by atoms with van der Waals surface area (Å²) >= 11 is 1.60. The average Bonchev–Trinajstić information content (AvgIpc) is 2.68. The second-order valence-electron chi connectivity index (χ2n) is 7.31. The second-order valence-corrected chi connectivity index (χ2v) is 8.30. The van der Waals surface area contributed by atoms with Crippen LogP contribution in [0.5, 0.6) is 0 Å². The largest absolute Gasteiger partial charge is 0.355 e. The van der Waals surface area contributed by atoms with Crippen LogP contribution in [0.15, 0.2) is 48.5 Å². The normalized spacial score (nSPS) is 11.7. The lowest BCUT2D eigenvalue weighted by Crippen LogP contribution is -2.49. The van der Waals surface area contributed by atoms with Crippen molar-refractivity contribution in [2.75, 3.05) is 12.3 Å². The summed E-state index contributed by atoms with van der Waals surface area (Å²) in [6.07, 6.45) is 0.589. The van der Waals surface area contributed by atoms with Crippen molar-refractivity contribution < 1.29 is 9.59 Å². The number of thioether (sulfide) groups is 1. The summed E-state index contributed by atoms with van der Waals surface area (Å²) in [5.74, 6) is 1.06. The Balaban J connectivity index is 2.09. The highest BCUT2D eigenvalue weighted by molar-refractivity contribution is 7.99. The molecule has 2 rings (SSSR count). The van der Waals surface area contributed by atoms with Crippen LogP contribution in [0, 0.1) is 13.8 Å².